The van der Waals surface area contributed by atoms with Crippen LogP contribution in [0, 0.1) is 0 Å². The summed E-state index contributed by atoms with van der Waals surface area (Å²) in [6.07, 6.45) is 2.17. The molecule has 0 radical (unpaired) electrons. The first-order valence-corrected chi connectivity index (χ1v) is 5.89. The second-order valence-electron chi connectivity index (χ2n) is 4.00. The molecule has 84 valence electrons. The predicted molar refractivity (Wildman–Crippen MR) is 71.3 cm³/mol. The highest BCUT2D eigenvalue weighted by atomic mass is 35.5. The Balaban J connectivity index is 2.01. The van der Waals surface area contributed by atoms with Crippen molar-refractivity contribution in [2.75, 3.05) is 6.61 Å². The highest BCUT2D eigenvalue weighted by Gasteiger charge is 2.11. The van der Waals surface area contributed by atoms with E-state index < -0.39 is 0 Å². The Kier molecular flexibility index (Phi) is 2.62. The molecular formula is C15H11ClO. The largest absolute Gasteiger partial charge is 0.488 e. The number of para-hydroxylation sites is 1. The molecule has 17 heavy (non-hydrogen) atoms. The van der Waals surface area contributed by atoms with Crippen LogP contribution in [0.15, 0.2) is 48.5 Å². The quantitative estimate of drug-likeness (QED) is 0.726. The summed E-state index contributed by atoms with van der Waals surface area (Å²) < 4.78 is 5.72. The van der Waals surface area contributed by atoms with Gasteiger partial charge in [-0.25, -0.2) is 0 Å². The first-order chi connectivity index (χ1) is 8.33. The highest BCUT2D eigenvalue weighted by molar-refractivity contribution is 6.30. The predicted octanol–water partition coefficient (Wildman–Crippen LogP) is 4.27. The number of benzene rings is 2. The minimum atomic E-state index is 0.610. The van der Waals surface area contributed by atoms with Gasteiger partial charge in [0, 0.05) is 10.6 Å². The van der Waals surface area contributed by atoms with E-state index in [4.69, 9.17) is 16.3 Å². The third-order valence-electron chi connectivity index (χ3n) is 2.85. The number of halogens is 1. The van der Waals surface area contributed by atoms with Gasteiger partial charge in [-0.1, -0.05) is 41.9 Å². The van der Waals surface area contributed by atoms with Crippen LogP contribution in [0.1, 0.15) is 11.1 Å². The van der Waals surface area contributed by atoms with Crippen LogP contribution in [0.4, 0.5) is 0 Å². The first-order valence-electron chi connectivity index (χ1n) is 5.51. The van der Waals surface area contributed by atoms with Crippen LogP contribution in [-0.4, -0.2) is 6.61 Å². The fraction of sp³-hybridized carbons (Fsp3) is 0.0667. The molecule has 1 heterocycles. The van der Waals surface area contributed by atoms with Gasteiger partial charge in [0.05, 0.1) is 0 Å². The maximum atomic E-state index is 5.88. The lowest BCUT2D eigenvalue weighted by atomic mass is 10.0. The average Bonchev–Trinajstić information content (AvgIpc) is 2.39. The molecule has 2 aromatic carbocycles. The van der Waals surface area contributed by atoms with E-state index >= 15 is 0 Å². The van der Waals surface area contributed by atoms with Crippen LogP contribution in [0.25, 0.3) is 11.6 Å². The Labute approximate surface area is 105 Å². The zero-order valence-corrected chi connectivity index (χ0v) is 9.95. The van der Waals surface area contributed by atoms with Gasteiger partial charge in [-0.3, -0.25) is 0 Å². The molecule has 1 aliphatic heterocycles. The van der Waals surface area contributed by atoms with Gasteiger partial charge in [-0.15, -0.1) is 0 Å². The number of rotatable bonds is 1. The lowest BCUT2D eigenvalue weighted by Crippen LogP contribution is -2.06. The van der Waals surface area contributed by atoms with E-state index in [1.165, 1.54) is 5.57 Å². The number of hydrogen-bond donors (Lipinski definition) is 0. The third-order valence-corrected chi connectivity index (χ3v) is 3.10. The van der Waals surface area contributed by atoms with E-state index in [0.717, 1.165) is 21.9 Å². The van der Waals surface area contributed by atoms with Crippen LogP contribution >= 0.6 is 11.6 Å². The standard InChI is InChI=1S/C15H11ClO/c16-14-7-5-11(6-8-14)13-9-12-3-1-2-4-15(12)17-10-13/h1-9H,10H2. The second kappa shape index (κ2) is 4.27. The summed E-state index contributed by atoms with van der Waals surface area (Å²) in [5.74, 6) is 0.949. The summed E-state index contributed by atoms with van der Waals surface area (Å²) in [5.41, 5.74) is 3.47. The molecule has 0 bridgehead atoms. The van der Waals surface area contributed by atoms with Gasteiger partial charge in [-0.05, 0) is 35.4 Å². The van der Waals surface area contributed by atoms with Crippen LogP contribution < -0.4 is 4.74 Å². The second-order valence-corrected chi connectivity index (χ2v) is 4.44. The fourth-order valence-electron chi connectivity index (χ4n) is 1.95. The first kappa shape index (κ1) is 10.4. The van der Waals surface area contributed by atoms with Crippen molar-refractivity contribution in [1.82, 2.24) is 0 Å². The summed E-state index contributed by atoms with van der Waals surface area (Å²) in [6, 6.07) is 15.9. The summed E-state index contributed by atoms with van der Waals surface area (Å²) in [5, 5.41) is 0.756. The lowest BCUT2D eigenvalue weighted by molar-refractivity contribution is 0.366. The van der Waals surface area contributed by atoms with E-state index in [1.807, 2.05) is 42.5 Å². The van der Waals surface area contributed by atoms with Crippen molar-refractivity contribution in [3.8, 4) is 5.75 Å². The molecule has 0 fully saturated rings. The highest BCUT2D eigenvalue weighted by Crippen LogP contribution is 2.30. The molecule has 1 aliphatic rings. The van der Waals surface area contributed by atoms with Gasteiger partial charge in [0.25, 0.3) is 0 Å². The van der Waals surface area contributed by atoms with E-state index in [0.29, 0.717) is 6.61 Å². The van der Waals surface area contributed by atoms with Crippen LogP contribution in [-0.2, 0) is 0 Å². The normalized spacial score (nSPS) is 13.6. The van der Waals surface area contributed by atoms with E-state index in [-0.39, 0.29) is 0 Å². The molecule has 0 saturated heterocycles. The molecule has 0 amide bonds. The minimum absolute atomic E-state index is 0.610. The maximum Gasteiger partial charge on any atom is 0.127 e. The maximum absolute atomic E-state index is 5.88. The van der Waals surface area contributed by atoms with Crippen molar-refractivity contribution in [3.63, 3.8) is 0 Å². The Morgan fingerprint density at radius 2 is 1.71 bits per heavy atom. The summed E-state index contributed by atoms with van der Waals surface area (Å²) in [7, 11) is 0. The van der Waals surface area contributed by atoms with Crippen LogP contribution in [0.3, 0.4) is 0 Å². The van der Waals surface area contributed by atoms with Crippen LogP contribution in [0.2, 0.25) is 5.02 Å². The molecule has 0 unspecified atom stereocenters. The third kappa shape index (κ3) is 2.06. The molecule has 0 N–H and O–H groups in total. The molecule has 2 aromatic rings. The molecule has 2 heteroatoms. The number of ether oxygens (including phenoxy) is 1. The Bertz CT molecular complexity index is 570. The van der Waals surface area contributed by atoms with E-state index in [9.17, 15) is 0 Å². The smallest absolute Gasteiger partial charge is 0.127 e. The summed E-state index contributed by atoms with van der Waals surface area (Å²) in [6.45, 7) is 0.610. The van der Waals surface area contributed by atoms with Crippen molar-refractivity contribution in [3.05, 3.63) is 64.7 Å². The van der Waals surface area contributed by atoms with Gasteiger partial charge in [0.2, 0.25) is 0 Å². The minimum Gasteiger partial charge on any atom is -0.488 e. The molecule has 0 saturated carbocycles. The zero-order chi connectivity index (χ0) is 11.7. The molecule has 0 atom stereocenters. The van der Waals surface area contributed by atoms with Gasteiger partial charge in [0.15, 0.2) is 0 Å². The Morgan fingerprint density at radius 1 is 0.941 bits per heavy atom. The van der Waals surface area contributed by atoms with E-state index in [1.54, 1.807) is 0 Å². The number of fused-ring (bicyclic) bond motifs is 1. The topological polar surface area (TPSA) is 9.23 Å². The summed E-state index contributed by atoms with van der Waals surface area (Å²) in [4.78, 5) is 0. The fourth-order valence-corrected chi connectivity index (χ4v) is 2.07. The monoisotopic (exact) mass is 242 g/mol. The van der Waals surface area contributed by atoms with Gasteiger partial charge in [-0.2, -0.15) is 0 Å². The molecule has 0 spiro atoms. The summed E-state index contributed by atoms with van der Waals surface area (Å²) >= 11 is 5.88. The van der Waals surface area contributed by atoms with Crippen molar-refractivity contribution >= 4 is 23.3 Å². The van der Waals surface area contributed by atoms with E-state index in [2.05, 4.69) is 12.1 Å². The van der Waals surface area contributed by atoms with Gasteiger partial charge in [0.1, 0.15) is 12.4 Å². The SMILES string of the molecule is Clc1ccc(C2=Cc3ccccc3OC2)cc1. The van der Waals surface area contributed by atoms with Crippen molar-refractivity contribution < 1.29 is 4.74 Å². The van der Waals surface area contributed by atoms with Crippen molar-refractivity contribution in [2.45, 2.75) is 0 Å². The molecule has 0 aliphatic carbocycles. The molecule has 3 rings (SSSR count). The van der Waals surface area contributed by atoms with Crippen molar-refractivity contribution in [1.29, 1.82) is 0 Å². The molecular weight excluding hydrogens is 232 g/mol. The Morgan fingerprint density at radius 3 is 2.53 bits per heavy atom. The Hall–Kier alpha value is -1.73. The van der Waals surface area contributed by atoms with Crippen LogP contribution in [0.5, 0.6) is 5.75 Å². The molecule has 1 nitrogen and oxygen atoms in total. The average molecular weight is 243 g/mol. The van der Waals surface area contributed by atoms with Gasteiger partial charge >= 0.3 is 0 Å². The van der Waals surface area contributed by atoms with Crippen molar-refractivity contribution in [2.24, 2.45) is 0 Å². The molecule has 0 aromatic heterocycles. The zero-order valence-electron chi connectivity index (χ0n) is 9.19. The van der Waals surface area contributed by atoms with Gasteiger partial charge < -0.3 is 4.74 Å². The number of hydrogen-bond acceptors (Lipinski definition) is 1. The lowest BCUT2D eigenvalue weighted by Gasteiger charge is -2.18.